The van der Waals surface area contributed by atoms with Gasteiger partial charge in [0.1, 0.15) is 0 Å². The minimum Gasteiger partial charge on any atom is -0.351 e. The van der Waals surface area contributed by atoms with Crippen LogP contribution in [0.15, 0.2) is 30.3 Å². The highest BCUT2D eigenvalue weighted by Crippen LogP contribution is 2.65. The summed E-state index contributed by atoms with van der Waals surface area (Å²) in [4.78, 5) is 24.2. The molecule has 0 radical (unpaired) electrons. The van der Waals surface area contributed by atoms with Gasteiger partial charge in [-0.3, -0.25) is 9.59 Å². The summed E-state index contributed by atoms with van der Waals surface area (Å²) in [5, 5.41) is 5.90. The summed E-state index contributed by atoms with van der Waals surface area (Å²) < 4.78 is 0. The predicted molar refractivity (Wildman–Crippen MR) is 94.3 cm³/mol. The average molecular weight is 328 g/mol. The van der Waals surface area contributed by atoms with Gasteiger partial charge in [-0.05, 0) is 41.6 Å². The van der Waals surface area contributed by atoms with Gasteiger partial charge in [0.2, 0.25) is 11.8 Å². The van der Waals surface area contributed by atoms with Gasteiger partial charge in [0, 0.05) is 6.04 Å². The van der Waals surface area contributed by atoms with E-state index in [9.17, 15) is 9.59 Å². The first kappa shape index (κ1) is 17.0. The lowest BCUT2D eigenvalue weighted by molar-refractivity contribution is -0.126. The molecular formula is C20H28N2O2. The summed E-state index contributed by atoms with van der Waals surface area (Å²) >= 11 is 0. The molecule has 130 valence electrons. The van der Waals surface area contributed by atoms with Crippen molar-refractivity contribution in [2.45, 2.75) is 52.5 Å². The monoisotopic (exact) mass is 328 g/mol. The van der Waals surface area contributed by atoms with E-state index in [0.717, 1.165) is 12.0 Å². The van der Waals surface area contributed by atoms with Gasteiger partial charge in [-0.15, -0.1) is 0 Å². The second-order valence-electron chi connectivity index (χ2n) is 8.17. The molecule has 2 N–H and O–H groups in total. The minimum absolute atomic E-state index is 0.0589. The molecule has 2 fully saturated rings. The van der Waals surface area contributed by atoms with E-state index in [1.54, 1.807) is 0 Å². The maximum Gasteiger partial charge on any atom is 0.239 e. The molecule has 0 aliphatic heterocycles. The topological polar surface area (TPSA) is 58.2 Å². The predicted octanol–water partition coefficient (Wildman–Crippen LogP) is 2.68. The summed E-state index contributed by atoms with van der Waals surface area (Å²) in [6, 6.07) is 9.80. The molecule has 0 heterocycles. The number of hydrogen-bond donors (Lipinski definition) is 2. The second kappa shape index (κ2) is 6.23. The molecule has 1 aromatic carbocycles. The Kier molecular flexibility index (Phi) is 4.41. The highest BCUT2D eigenvalue weighted by Gasteiger charge is 2.61. The molecule has 1 aromatic rings. The van der Waals surface area contributed by atoms with Crippen LogP contribution in [0.2, 0.25) is 0 Å². The summed E-state index contributed by atoms with van der Waals surface area (Å²) in [6.45, 7) is 7.03. The van der Waals surface area contributed by atoms with Gasteiger partial charge in [-0.2, -0.15) is 0 Å². The average Bonchev–Trinajstić information content (AvgIpc) is 2.87. The third-order valence-electron chi connectivity index (χ3n) is 6.78. The highest BCUT2D eigenvalue weighted by atomic mass is 16.2. The van der Waals surface area contributed by atoms with Gasteiger partial charge in [-0.25, -0.2) is 0 Å². The van der Waals surface area contributed by atoms with E-state index in [-0.39, 0.29) is 35.2 Å². The van der Waals surface area contributed by atoms with Gasteiger partial charge in [0.15, 0.2) is 0 Å². The van der Waals surface area contributed by atoms with Gasteiger partial charge in [0.25, 0.3) is 0 Å². The first-order valence-corrected chi connectivity index (χ1v) is 8.93. The van der Waals surface area contributed by atoms with E-state index in [0.29, 0.717) is 12.3 Å². The van der Waals surface area contributed by atoms with Gasteiger partial charge < -0.3 is 10.6 Å². The largest absolute Gasteiger partial charge is 0.351 e. The third-order valence-corrected chi connectivity index (χ3v) is 6.78. The fraction of sp³-hybridized carbons (Fsp3) is 0.600. The number of amides is 2. The molecule has 4 nitrogen and oxygen atoms in total. The number of rotatable bonds is 5. The standard InChI is InChI=1S/C20H28N2O2/c1-19(2)15-9-10-20(19,3)16(12-15)22-18(24)13-21-17(23)11-14-7-5-4-6-8-14/h4-8,15-16H,9-13H2,1-3H3,(H,21,23)(H,22,24). The fourth-order valence-corrected chi connectivity index (χ4v) is 4.69. The van der Waals surface area contributed by atoms with Crippen LogP contribution in [-0.4, -0.2) is 24.4 Å². The molecule has 2 aliphatic rings. The molecular weight excluding hydrogens is 300 g/mol. The van der Waals surface area contributed by atoms with Gasteiger partial charge in [0.05, 0.1) is 13.0 Å². The summed E-state index contributed by atoms with van der Waals surface area (Å²) in [5.74, 6) is 0.502. The zero-order chi connectivity index (χ0) is 17.4. The molecule has 2 aliphatic carbocycles. The van der Waals surface area contributed by atoms with Crippen LogP contribution in [-0.2, 0) is 16.0 Å². The second-order valence-corrected chi connectivity index (χ2v) is 8.17. The van der Waals surface area contributed by atoms with Crippen LogP contribution in [0.5, 0.6) is 0 Å². The fourth-order valence-electron chi connectivity index (χ4n) is 4.69. The molecule has 3 atom stereocenters. The van der Waals surface area contributed by atoms with Crippen LogP contribution >= 0.6 is 0 Å². The summed E-state index contributed by atoms with van der Waals surface area (Å²) in [6.07, 6.45) is 3.82. The Morgan fingerprint density at radius 2 is 1.83 bits per heavy atom. The zero-order valence-corrected chi connectivity index (χ0v) is 14.9. The van der Waals surface area contributed by atoms with Crippen molar-refractivity contribution < 1.29 is 9.59 Å². The van der Waals surface area contributed by atoms with Crippen molar-refractivity contribution in [2.75, 3.05) is 6.54 Å². The van der Waals surface area contributed by atoms with E-state index in [4.69, 9.17) is 0 Å². The summed E-state index contributed by atoms with van der Waals surface area (Å²) in [5.41, 5.74) is 1.40. The zero-order valence-electron chi connectivity index (χ0n) is 14.9. The van der Waals surface area contributed by atoms with Crippen molar-refractivity contribution in [3.63, 3.8) is 0 Å². The van der Waals surface area contributed by atoms with Crippen LogP contribution < -0.4 is 10.6 Å². The third kappa shape index (κ3) is 2.94. The molecule has 24 heavy (non-hydrogen) atoms. The Labute approximate surface area is 144 Å². The van der Waals surface area contributed by atoms with Crippen LogP contribution in [0.1, 0.15) is 45.6 Å². The smallest absolute Gasteiger partial charge is 0.239 e. The molecule has 2 saturated carbocycles. The van der Waals surface area contributed by atoms with E-state index >= 15 is 0 Å². The van der Waals surface area contributed by atoms with Crippen molar-refractivity contribution >= 4 is 11.8 Å². The van der Waals surface area contributed by atoms with Crippen molar-refractivity contribution in [2.24, 2.45) is 16.7 Å². The molecule has 0 aromatic heterocycles. The Bertz CT molecular complexity index is 626. The minimum atomic E-state index is -0.115. The maximum atomic E-state index is 12.3. The lowest BCUT2D eigenvalue weighted by Gasteiger charge is -2.39. The van der Waals surface area contributed by atoms with Crippen molar-refractivity contribution in [3.05, 3.63) is 35.9 Å². The lowest BCUT2D eigenvalue weighted by atomic mass is 9.69. The Balaban J connectivity index is 1.48. The first-order chi connectivity index (χ1) is 11.3. The number of fused-ring (bicyclic) bond motifs is 2. The molecule has 2 amide bonds. The number of carbonyl (C=O) groups is 2. The van der Waals surface area contributed by atoms with E-state index in [1.807, 2.05) is 30.3 Å². The molecule has 2 bridgehead atoms. The van der Waals surface area contributed by atoms with Crippen LogP contribution in [0.3, 0.4) is 0 Å². The number of nitrogens with one attached hydrogen (secondary N) is 2. The molecule has 4 heteroatoms. The first-order valence-electron chi connectivity index (χ1n) is 8.93. The number of carbonyl (C=O) groups excluding carboxylic acids is 2. The van der Waals surface area contributed by atoms with E-state index < -0.39 is 0 Å². The van der Waals surface area contributed by atoms with E-state index in [1.165, 1.54) is 12.8 Å². The SMILES string of the molecule is CC1(C)C2CCC1(C)C(NC(=O)CNC(=O)Cc1ccccc1)C2. The maximum absolute atomic E-state index is 12.3. The number of benzene rings is 1. The highest BCUT2D eigenvalue weighted by molar-refractivity contribution is 5.85. The molecule has 0 spiro atoms. The molecule has 3 unspecified atom stereocenters. The lowest BCUT2D eigenvalue weighted by Crippen LogP contribution is -2.49. The Morgan fingerprint density at radius 3 is 2.42 bits per heavy atom. The van der Waals surface area contributed by atoms with Crippen LogP contribution in [0, 0.1) is 16.7 Å². The Hall–Kier alpha value is -1.84. The quantitative estimate of drug-likeness (QED) is 0.873. The molecule has 0 saturated heterocycles. The Morgan fingerprint density at radius 1 is 1.12 bits per heavy atom. The van der Waals surface area contributed by atoms with Crippen molar-refractivity contribution in [1.29, 1.82) is 0 Å². The molecule has 3 rings (SSSR count). The van der Waals surface area contributed by atoms with Gasteiger partial charge >= 0.3 is 0 Å². The summed E-state index contributed by atoms with van der Waals surface area (Å²) in [7, 11) is 0. The normalized spacial score (nSPS) is 30.1. The van der Waals surface area contributed by atoms with E-state index in [2.05, 4.69) is 31.4 Å². The van der Waals surface area contributed by atoms with Crippen molar-refractivity contribution in [1.82, 2.24) is 10.6 Å². The van der Waals surface area contributed by atoms with Gasteiger partial charge in [-0.1, -0.05) is 51.1 Å². The number of hydrogen-bond acceptors (Lipinski definition) is 2. The van der Waals surface area contributed by atoms with Crippen molar-refractivity contribution in [3.8, 4) is 0 Å². The van der Waals surface area contributed by atoms with Crippen LogP contribution in [0.25, 0.3) is 0 Å². The van der Waals surface area contributed by atoms with Crippen LogP contribution in [0.4, 0.5) is 0 Å².